The Bertz CT molecular complexity index is 4020. The van der Waals surface area contributed by atoms with Crippen LogP contribution in [0.5, 0.6) is 0 Å². The predicted octanol–water partition coefficient (Wildman–Crippen LogP) is 19.1. The van der Waals surface area contributed by atoms with Gasteiger partial charge in [0.2, 0.25) is 0 Å². The molecule has 0 radical (unpaired) electrons. The molecule has 12 aromatic rings. The van der Waals surface area contributed by atoms with E-state index in [2.05, 4.69) is 274 Å². The van der Waals surface area contributed by atoms with E-state index in [9.17, 15) is 0 Å². The molecule has 0 amide bonds. The molecule has 0 fully saturated rings. The normalized spacial score (nSPS) is 12.5. The molecule has 0 atom stereocenters. The molecule has 0 saturated heterocycles. The Morgan fingerprint density at radius 2 is 0.845 bits per heavy atom. The maximum Gasteiger partial charge on any atom is 0.0468 e. The van der Waals surface area contributed by atoms with Gasteiger partial charge in [0.1, 0.15) is 0 Å². The minimum atomic E-state index is -0.304. The van der Waals surface area contributed by atoms with Crippen molar-refractivity contribution in [1.29, 1.82) is 0 Å². The summed E-state index contributed by atoms with van der Waals surface area (Å²) in [7, 11) is 0. The lowest BCUT2D eigenvalue weighted by molar-refractivity contribution is 0.661. The van der Waals surface area contributed by atoms with Gasteiger partial charge >= 0.3 is 0 Å². The minimum Gasteiger partial charge on any atom is -0.310 e. The number of nitrogens with zero attached hydrogens (tertiary/aromatic N) is 2. The molecule has 2 heteroatoms. The molecule has 0 bridgehead atoms. The summed E-state index contributed by atoms with van der Waals surface area (Å²) in [6.07, 6.45) is 0. The zero-order chi connectivity index (χ0) is 47.8. The molecule has 13 rings (SSSR count). The molecule has 71 heavy (non-hydrogen) atoms. The van der Waals surface area contributed by atoms with Gasteiger partial charge in [-0.25, -0.2) is 0 Å². The lowest BCUT2D eigenvalue weighted by Crippen LogP contribution is -2.16. The Balaban J connectivity index is 1.06. The molecule has 0 unspecified atom stereocenters. The number of hydrogen-bond acceptors (Lipinski definition) is 2. The van der Waals surface area contributed by atoms with Crippen LogP contribution in [0.4, 0.5) is 34.1 Å². The van der Waals surface area contributed by atoms with Gasteiger partial charge < -0.3 is 9.80 Å². The van der Waals surface area contributed by atoms with Gasteiger partial charge in [0.15, 0.2) is 0 Å². The smallest absolute Gasteiger partial charge is 0.0468 e. The summed E-state index contributed by atoms with van der Waals surface area (Å²) >= 11 is 0. The van der Waals surface area contributed by atoms with Gasteiger partial charge in [0.25, 0.3) is 0 Å². The van der Waals surface area contributed by atoms with E-state index in [0.717, 1.165) is 39.7 Å². The van der Waals surface area contributed by atoms with Crippen LogP contribution in [0.3, 0.4) is 0 Å². The third-order valence-electron chi connectivity index (χ3n) is 14.9. The Kier molecular flexibility index (Phi) is 9.91. The van der Waals surface area contributed by atoms with Crippen LogP contribution in [0, 0.1) is 26.0 Å². The number of fused-ring (bicyclic) bond motifs is 7. The zero-order valence-corrected chi connectivity index (χ0v) is 40.3. The van der Waals surface area contributed by atoms with Crippen molar-refractivity contribution in [1.82, 2.24) is 0 Å². The number of aryl methyl sites for hydroxylation is 2. The summed E-state index contributed by atoms with van der Waals surface area (Å²) in [5, 5.41) is 9.66. The van der Waals surface area contributed by atoms with E-state index >= 15 is 0 Å². The highest BCUT2D eigenvalue weighted by atomic mass is 15.1. The third-order valence-corrected chi connectivity index (χ3v) is 14.9. The predicted molar refractivity (Wildman–Crippen MR) is 301 cm³/mol. The van der Waals surface area contributed by atoms with Gasteiger partial charge in [-0.1, -0.05) is 171 Å². The van der Waals surface area contributed by atoms with Crippen LogP contribution in [0.25, 0.3) is 76.5 Å². The van der Waals surface area contributed by atoms with Crippen molar-refractivity contribution in [2.24, 2.45) is 0 Å². The van der Waals surface area contributed by atoms with Crippen LogP contribution >= 0.6 is 0 Å². The van der Waals surface area contributed by atoms with Crippen LogP contribution < -0.4 is 9.80 Å². The first-order valence-corrected chi connectivity index (χ1v) is 24.7. The Morgan fingerprint density at radius 3 is 1.45 bits per heavy atom. The molecule has 12 aromatic carbocycles. The Morgan fingerprint density at radius 1 is 0.352 bits per heavy atom. The second-order valence-corrected chi connectivity index (χ2v) is 19.8. The topological polar surface area (TPSA) is 6.48 Å². The number of hydrogen-bond donors (Lipinski definition) is 0. The first-order valence-electron chi connectivity index (χ1n) is 24.7. The van der Waals surface area contributed by atoms with Crippen molar-refractivity contribution in [2.45, 2.75) is 33.1 Å². The Hall–Kier alpha value is -8.90. The SMILES string of the molecule is Cc1ccc(N(c2ccc3c(c2)C(C)(C)c2cc4c(-c5c#cccc5)c5ccc(N(c6ccc(C)cc6)c6ccc7ccccc7c6)cc5c(-c5ccccc5)c4cc2-3)c2ccc3ccccc3c2)cc1. The van der Waals surface area contributed by atoms with Crippen LogP contribution in [-0.2, 0) is 5.41 Å². The number of rotatable bonds is 8. The highest BCUT2D eigenvalue weighted by molar-refractivity contribution is 6.23. The van der Waals surface area contributed by atoms with Gasteiger partial charge in [-0.2, -0.15) is 0 Å². The molecule has 0 heterocycles. The average molecular weight is 907 g/mol. The summed E-state index contributed by atoms with van der Waals surface area (Å²) < 4.78 is 0. The van der Waals surface area contributed by atoms with Crippen molar-refractivity contribution in [3.8, 4) is 33.4 Å². The maximum atomic E-state index is 3.57. The van der Waals surface area contributed by atoms with Crippen molar-refractivity contribution in [3.05, 3.63) is 265 Å². The fourth-order valence-electron chi connectivity index (χ4n) is 11.3. The molecule has 0 saturated carbocycles. The molecule has 2 nitrogen and oxygen atoms in total. The molecular formula is C69H50N2. The standard InChI is InChI=1S/C69H50N2/c1-45-23-29-53(30-24-45)70(55-33-27-47-15-11-13-21-51(47)39-55)57-36-38-60-62(41-57)68(50-19-9-6-10-20-50)63-43-61-59-37-35-58(42-65(59)69(3,4)66(61)44-64(63)67(60)49-17-7-5-8-18-49)71(54-31-25-46(2)26-32-54)56-34-28-48-16-12-14-22-52(48)40-56/h5-7,9-17,19-44H,1-4H3. The van der Waals surface area contributed by atoms with E-state index < -0.39 is 0 Å². The summed E-state index contributed by atoms with van der Waals surface area (Å²) in [4.78, 5) is 4.82. The van der Waals surface area contributed by atoms with Crippen molar-refractivity contribution < 1.29 is 0 Å². The summed E-state index contributed by atoms with van der Waals surface area (Å²) in [5.41, 5.74) is 18.6. The molecule has 1 aliphatic carbocycles. The summed E-state index contributed by atoms with van der Waals surface area (Å²) in [5.74, 6) is 0. The molecule has 0 spiro atoms. The first-order chi connectivity index (χ1) is 34.8. The van der Waals surface area contributed by atoms with Crippen LogP contribution in [0.1, 0.15) is 36.1 Å². The van der Waals surface area contributed by atoms with E-state index in [1.165, 1.54) is 93.2 Å². The molecular weight excluding hydrogens is 857 g/mol. The average Bonchev–Trinajstić information content (AvgIpc) is 3.63. The van der Waals surface area contributed by atoms with Crippen molar-refractivity contribution >= 4 is 77.2 Å². The number of benzene rings is 11. The highest BCUT2D eigenvalue weighted by Crippen LogP contribution is 2.55. The van der Waals surface area contributed by atoms with Gasteiger partial charge in [0.05, 0.1) is 0 Å². The summed E-state index contributed by atoms with van der Waals surface area (Å²) in [6.45, 7) is 9.11. The van der Waals surface area contributed by atoms with Crippen molar-refractivity contribution in [3.63, 3.8) is 0 Å². The second kappa shape index (κ2) is 16.7. The molecule has 336 valence electrons. The van der Waals surface area contributed by atoms with Crippen LogP contribution in [0.2, 0.25) is 0 Å². The van der Waals surface area contributed by atoms with Gasteiger partial charge in [0, 0.05) is 50.7 Å². The maximum absolute atomic E-state index is 3.57. The largest absolute Gasteiger partial charge is 0.310 e. The number of anilines is 6. The third kappa shape index (κ3) is 7.12. The lowest BCUT2D eigenvalue weighted by atomic mass is 9.79. The highest BCUT2D eigenvalue weighted by Gasteiger charge is 2.37. The fourth-order valence-corrected chi connectivity index (χ4v) is 11.3. The van der Waals surface area contributed by atoms with Crippen LogP contribution in [0.15, 0.2) is 231 Å². The zero-order valence-electron chi connectivity index (χ0n) is 40.3. The van der Waals surface area contributed by atoms with E-state index in [1.807, 2.05) is 6.07 Å². The second-order valence-electron chi connectivity index (χ2n) is 19.8. The monoisotopic (exact) mass is 906 g/mol. The molecule has 0 N–H and O–H groups in total. The van der Waals surface area contributed by atoms with E-state index in [4.69, 9.17) is 0 Å². The summed E-state index contributed by atoms with van der Waals surface area (Å²) in [6, 6.07) is 92.0. The van der Waals surface area contributed by atoms with E-state index in [-0.39, 0.29) is 5.41 Å². The van der Waals surface area contributed by atoms with Crippen LogP contribution in [-0.4, -0.2) is 0 Å². The van der Waals surface area contributed by atoms with Gasteiger partial charge in [-0.3, -0.25) is 0 Å². The van der Waals surface area contributed by atoms with E-state index in [1.54, 1.807) is 0 Å². The Labute approximate surface area is 416 Å². The molecule has 0 aliphatic heterocycles. The first kappa shape index (κ1) is 42.2. The van der Waals surface area contributed by atoms with Crippen molar-refractivity contribution in [2.75, 3.05) is 9.80 Å². The minimum absolute atomic E-state index is 0.304. The lowest BCUT2D eigenvalue weighted by Gasteiger charge is -2.28. The van der Waals surface area contributed by atoms with Gasteiger partial charge in [-0.15, -0.1) is 0 Å². The van der Waals surface area contributed by atoms with E-state index in [0.29, 0.717) is 0 Å². The van der Waals surface area contributed by atoms with Gasteiger partial charge in [-0.05, 0) is 187 Å². The fraction of sp³-hybridized carbons (Fsp3) is 0.0725. The molecule has 1 aliphatic rings. The molecule has 0 aromatic heterocycles. The quantitative estimate of drug-likeness (QED) is 0.140.